The molecule has 0 aromatic carbocycles. The number of aliphatic hydroxyl groups is 8. The van der Waals surface area contributed by atoms with Gasteiger partial charge in [0.15, 0.2) is 6.29 Å². The van der Waals surface area contributed by atoms with Crippen molar-refractivity contribution in [2.45, 2.75) is 305 Å². The fourth-order valence-electron chi connectivity index (χ4n) is 9.94. The second-order valence-electron chi connectivity index (χ2n) is 20.7. The number of nitrogens with one attached hydrogen (secondary N) is 2. The molecule has 0 aromatic rings. The van der Waals surface area contributed by atoms with Gasteiger partial charge in [-0.05, 0) is 25.7 Å². The van der Waals surface area contributed by atoms with Crippen LogP contribution in [0.5, 0.6) is 0 Å². The molecule has 12 N–H and O–H groups in total. The van der Waals surface area contributed by atoms with E-state index >= 15 is 0 Å². The van der Waals surface area contributed by atoms with Crippen molar-refractivity contribution in [3.05, 3.63) is 0 Å². The standard InChI is InChI=1S/C52H99N2O17P/c1-4-7-10-13-16-19-22-25-28-31-37(56)34-40(57)53-43-45(60)46(61)49(71-51(43)64)47(62)48-44(50(63)52(65,72(66,67)68)39(36-55)70-48)54-41(58)35-38(32-29-26-23-20-17-14-11-8-5-2)69-42(59)33-30-27-24-21-18-15-12-9-6-3/h37-39,43-51,55-56,60-65H,4-36H2,1-3H3,(H,53,57)(H,54,58)(H2,66,67,68)/t37-,38-,39-,43+,44-,45-,46+,47?,48-,49+,50-,51+,52+/m1/s1. The zero-order chi connectivity index (χ0) is 53.5. The van der Waals surface area contributed by atoms with E-state index in [-0.39, 0.29) is 19.3 Å². The van der Waals surface area contributed by atoms with E-state index in [0.29, 0.717) is 25.7 Å². The summed E-state index contributed by atoms with van der Waals surface area (Å²) < 4.78 is 29.8. The smallest absolute Gasteiger partial charge is 0.362 e. The highest BCUT2D eigenvalue weighted by Crippen LogP contribution is 2.56. The number of ether oxygens (including phenoxy) is 3. The number of carbonyl (C=O) groups excluding carboxylic acids is 3. The molecule has 0 aromatic heterocycles. The zero-order valence-corrected chi connectivity index (χ0v) is 44.9. The van der Waals surface area contributed by atoms with Gasteiger partial charge in [-0.25, -0.2) is 0 Å². The van der Waals surface area contributed by atoms with Gasteiger partial charge in [-0.3, -0.25) is 18.9 Å². The summed E-state index contributed by atoms with van der Waals surface area (Å²) in [6.45, 7) is 5.17. The Balaban J connectivity index is 2.19. The number of carbonyl (C=O) groups is 3. The molecule has 2 fully saturated rings. The molecule has 2 amide bonds. The van der Waals surface area contributed by atoms with Crippen LogP contribution in [0.4, 0.5) is 0 Å². The quantitative estimate of drug-likeness (QED) is 0.0203. The van der Waals surface area contributed by atoms with Crippen molar-refractivity contribution in [1.82, 2.24) is 10.6 Å². The highest BCUT2D eigenvalue weighted by molar-refractivity contribution is 7.53. The summed E-state index contributed by atoms with van der Waals surface area (Å²) in [4.78, 5) is 60.6. The van der Waals surface area contributed by atoms with Crippen molar-refractivity contribution in [3.8, 4) is 0 Å². The number of hydrogen-bond donors (Lipinski definition) is 12. The van der Waals surface area contributed by atoms with Gasteiger partial charge in [0.05, 0.1) is 31.6 Å². The number of amides is 2. The fraction of sp³-hybridized carbons (Fsp3) is 0.942. The third-order valence-electron chi connectivity index (χ3n) is 14.4. The van der Waals surface area contributed by atoms with Crippen LogP contribution in [0.15, 0.2) is 0 Å². The average molecular weight is 1060 g/mol. The molecule has 0 aliphatic carbocycles. The molecule has 2 rings (SSSR count). The molecule has 2 aliphatic heterocycles. The average Bonchev–Trinajstić information content (AvgIpc) is 3.33. The van der Waals surface area contributed by atoms with Gasteiger partial charge in [-0.1, -0.05) is 181 Å². The Morgan fingerprint density at radius 3 is 1.49 bits per heavy atom. The predicted octanol–water partition coefficient (Wildman–Crippen LogP) is 5.56. The summed E-state index contributed by atoms with van der Waals surface area (Å²) in [5, 5.41) is 90.0. The van der Waals surface area contributed by atoms with E-state index in [4.69, 9.17) is 14.2 Å². The van der Waals surface area contributed by atoms with Crippen molar-refractivity contribution in [3.63, 3.8) is 0 Å². The van der Waals surface area contributed by atoms with Crippen LogP contribution in [0.3, 0.4) is 0 Å². The third kappa shape index (κ3) is 23.6. The maximum Gasteiger partial charge on any atom is 0.362 e. The number of unbranched alkanes of at least 4 members (excludes halogenated alkanes) is 24. The minimum Gasteiger partial charge on any atom is -0.462 e. The molecule has 0 saturated carbocycles. The maximum atomic E-state index is 13.9. The predicted molar refractivity (Wildman–Crippen MR) is 272 cm³/mol. The van der Waals surface area contributed by atoms with Gasteiger partial charge in [0.2, 0.25) is 17.2 Å². The Morgan fingerprint density at radius 1 is 0.583 bits per heavy atom. The van der Waals surface area contributed by atoms with Crippen LogP contribution in [0.2, 0.25) is 0 Å². The minimum atomic E-state index is -5.84. The highest BCUT2D eigenvalue weighted by atomic mass is 31.2. The molecule has 0 radical (unpaired) electrons. The topological polar surface area (TPSA) is 322 Å². The third-order valence-corrected chi connectivity index (χ3v) is 15.9. The number of aliphatic hydroxyl groups excluding tert-OH is 7. The molecule has 72 heavy (non-hydrogen) atoms. The van der Waals surface area contributed by atoms with Crippen molar-refractivity contribution in [2.75, 3.05) is 6.61 Å². The van der Waals surface area contributed by atoms with Crippen LogP contribution in [-0.2, 0) is 33.2 Å². The van der Waals surface area contributed by atoms with Gasteiger partial charge >= 0.3 is 13.6 Å². The summed E-state index contributed by atoms with van der Waals surface area (Å²) >= 11 is 0. The second-order valence-corrected chi connectivity index (χ2v) is 22.5. The van der Waals surface area contributed by atoms with Crippen molar-refractivity contribution in [2.24, 2.45) is 0 Å². The first-order valence-corrected chi connectivity index (χ1v) is 29.5. The molecule has 2 heterocycles. The summed E-state index contributed by atoms with van der Waals surface area (Å²) in [5.41, 5.74) is 0. The normalized spacial score (nSPS) is 27.0. The lowest BCUT2D eigenvalue weighted by Gasteiger charge is -2.52. The lowest BCUT2D eigenvalue weighted by atomic mass is 9.84. The van der Waals surface area contributed by atoms with E-state index in [2.05, 4.69) is 31.4 Å². The van der Waals surface area contributed by atoms with Crippen molar-refractivity contribution in [1.29, 1.82) is 0 Å². The monoisotopic (exact) mass is 1050 g/mol. The Bertz CT molecular complexity index is 1510. The minimum absolute atomic E-state index is 0.125. The Hall–Kier alpha value is -1.84. The van der Waals surface area contributed by atoms with E-state index < -0.39 is 117 Å². The van der Waals surface area contributed by atoms with Crippen molar-refractivity contribution >= 4 is 25.4 Å². The summed E-state index contributed by atoms with van der Waals surface area (Å²) in [5.74, 6) is -2.23. The Morgan fingerprint density at radius 2 is 1.01 bits per heavy atom. The molecule has 2 aliphatic rings. The number of hydrogen-bond acceptors (Lipinski definition) is 15. The summed E-state index contributed by atoms with van der Waals surface area (Å²) in [6, 6.07) is -3.78. The van der Waals surface area contributed by atoms with E-state index in [9.17, 15) is 69.6 Å². The van der Waals surface area contributed by atoms with Crippen LogP contribution in [0.1, 0.15) is 226 Å². The molecule has 19 nitrogen and oxygen atoms in total. The highest BCUT2D eigenvalue weighted by Gasteiger charge is 2.66. The van der Waals surface area contributed by atoms with Gasteiger partial charge in [0, 0.05) is 6.42 Å². The summed E-state index contributed by atoms with van der Waals surface area (Å²) in [7, 11) is -5.84. The molecule has 2 saturated heterocycles. The van der Waals surface area contributed by atoms with Crippen LogP contribution in [0, 0.1) is 0 Å². The zero-order valence-electron chi connectivity index (χ0n) is 44.0. The van der Waals surface area contributed by atoms with Crippen LogP contribution in [-0.4, -0.2) is 154 Å². The van der Waals surface area contributed by atoms with Crippen LogP contribution in [0.25, 0.3) is 0 Å². The van der Waals surface area contributed by atoms with Crippen LogP contribution < -0.4 is 10.6 Å². The number of rotatable bonds is 41. The van der Waals surface area contributed by atoms with Gasteiger partial charge in [0.25, 0.3) is 0 Å². The first-order chi connectivity index (χ1) is 34.4. The fourth-order valence-corrected chi connectivity index (χ4v) is 11.0. The van der Waals surface area contributed by atoms with E-state index in [0.717, 1.165) is 89.9 Å². The molecule has 0 spiro atoms. The van der Waals surface area contributed by atoms with E-state index in [1.165, 1.54) is 64.2 Å². The molecule has 20 heteroatoms. The van der Waals surface area contributed by atoms with Crippen molar-refractivity contribution < 1.29 is 83.8 Å². The lowest BCUT2D eigenvalue weighted by Crippen LogP contribution is -2.74. The SMILES string of the molecule is CCCCCCCCCCCC(=O)O[C@H](CCCCCCCCCCC)CC(=O)N[C@H]1[C@@H](O)[C@@](O)(P(=O)(O)O)[C@@H](CO)O[C@H]1C(O)[C@H]1O[C@H](O)[C@@H](NC(=O)C[C@H](O)CCCCCCCCCCC)[C@@H](O)[C@@H]1O. The Kier molecular flexibility index (Phi) is 34.1. The van der Waals surface area contributed by atoms with Gasteiger partial charge < -0.3 is 75.5 Å². The van der Waals surface area contributed by atoms with Gasteiger partial charge in [-0.2, -0.15) is 0 Å². The molecular formula is C52H99N2O17P. The van der Waals surface area contributed by atoms with E-state index in [1.807, 2.05) is 0 Å². The van der Waals surface area contributed by atoms with Crippen LogP contribution >= 0.6 is 7.60 Å². The molecule has 13 atom stereocenters. The molecule has 1 unspecified atom stereocenters. The molecule has 424 valence electrons. The Labute approximate surface area is 430 Å². The first kappa shape index (κ1) is 66.3. The largest absolute Gasteiger partial charge is 0.462 e. The van der Waals surface area contributed by atoms with Gasteiger partial charge in [-0.15, -0.1) is 0 Å². The second kappa shape index (κ2) is 37.0. The molecular weight excluding hydrogens is 956 g/mol. The van der Waals surface area contributed by atoms with E-state index in [1.54, 1.807) is 0 Å². The van der Waals surface area contributed by atoms with Gasteiger partial charge in [0.1, 0.15) is 54.9 Å². The first-order valence-electron chi connectivity index (χ1n) is 27.9. The lowest BCUT2D eigenvalue weighted by molar-refractivity contribution is -0.295. The maximum absolute atomic E-state index is 13.9. The molecule has 0 bridgehead atoms. The summed E-state index contributed by atoms with van der Waals surface area (Å²) in [6.07, 6.45) is 8.45. The number of esters is 1.